The molecule has 0 saturated heterocycles. The maximum atomic E-state index is 12.5. The number of rotatable bonds is 6. The number of hydrogen-bond acceptors (Lipinski definition) is 4. The van der Waals surface area contributed by atoms with Gasteiger partial charge < -0.3 is 15.7 Å². The molecule has 27 heavy (non-hydrogen) atoms. The summed E-state index contributed by atoms with van der Waals surface area (Å²) in [7, 11) is 0. The number of carbonyl (C=O) groups is 3. The average Bonchev–Trinajstić information content (AvgIpc) is 3.34. The van der Waals surface area contributed by atoms with Crippen LogP contribution < -0.4 is 10.6 Å². The van der Waals surface area contributed by atoms with Crippen LogP contribution in [-0.2, 0) is 9.59 Å². The summed E-state index contributed by atoms with van der Waals surface area (Å²) in [5.74, 6) is -1.56. The molecule has 3 rings (SSSR count). The third-order valence-corrected chi connectivity index (χ3v) is 4.69. The molecule has 1 fully saturated rings. The summed E-state index contributed by atoms with van der Waals surface area (Å²) < 4.78 is 1.39. The van der Waals surface area contributed by atoms with Gasteiger partial charge in [0.2, 0.25) is 11.8 Å². The van der Waals surface area contributed by atoms with Gasteiger partial charge in [-0.2, -0.15) is 5.10 Å². The van der Waals surface area contributed by atoms with Gasteiger partial charge in [0.05, 0.1) is 11.4 Å². The Labute approximate surface area is 156 Å². The van der Waals surface area contributed by atoms with Gasteiger partial charge in [-0.25, -0.2) is 9.48 Å². The number of amides is 2. The van der Waals surface area contributed by atoms with Gasteiger partial charge in [0, 0.05) is 12.1 Å². The number of hydrogen-bond donors (Lipinski definition) is 3. The Morgan fingerprint density at radius 2 is 1.89 bits per heavy atom. The van der Waals surface area contributed by atoms with Crippen LogP contribution in [0.25, 0.3) is 5.69 Å². The zero-order valence-electron chi connectivity index (χ0n) is 15.0. The quantitative estimate of drug-likeness (QED) is 0.721. The van der Waals surface area contributed by atoms with Crippen molar-refractivity contribution in [2.45, 2.75) is 38.6 Å². The molecule has 8 heteroatoms. The second-order valence-electron chi connectivity index (χ2n) is 6.67. The third kappa shape index (κ3) is 4.33. The number of para-hydroxylation sites is 2. The number of anilines is 1. The molecule has 8 nitrogen and oxygen atoms in total. The monoisotopic (exact) mass is 370 g/mol. The van der Waals surface area contributed by atoms with Crippen LogP contribution in [0.4, 0.5) is 5.69 Å². The average molecular weight is 370 g/mol. The van der Waals surface area contributed by atoms with Gasteiger partial charge in [-0.15, -0.1) is 0 Å². The van der Waals surface area contributed by atoms with E-state index in [1.54, 1.807) is 31.2 Å². The number of carboxylic acids is 1. The largest absolute Gasteiger partial charge is 0.476 e. The van der Waals surface area contributed by atoms with Crippen LogP contribution in [0.2, 0.25) is 0 Å². The number of benzene rings is 1. The van der Waals surface area contributed by atoms with Crippen LogP contribution in [0.5, 0.6) is 0 Å². The molecule has 1 atom stereocenters. The van der Waals surface area contributed by atoms with Crippen LogP contribution in [0.1, 0.15) is 43.1 Å². The molecule has 1 aromatic heterocycles. The van der Waals surface area contributed by atoms with Crippen LogP contribution in [0, 0.1) is 5.92 Å². The van der Waals surface area contributed by atoms with Gasteiger partial charge >= 0.3 is 5.97 Å². The fraction of sp³-hybridized carbons (Fsp3) is 0.368. The van der Waals surface area contributed by atoms with E-state index in [1.165, 1.54) is 16.9 Å². The Kier molecular flexibility index (Phi) is 5.54. The zero-order valence-corrected chi connectivity index (χ0v) is 15.0. The minimum absolute atomic E-state index is 0.00829. The summed E-state index contributed by atoms with van der Waals surface area (Å²) in [5, 5.41) is 18.6. The molecule has 0 radical (unpaired) electrons. The Bertz CT molecular complexity index is 855. The minimum atomic E-state index is -1.13. The fourth-order valence-electron chi connectivity index (χ4n) is 3.18. The lowest BCUT2D eigenvalue weighted by Crippen LogP contribution is -2.43. The summed E-state index contributed by atoms with van der Waals surface area (Å²) in [5.41, 5.74) is 0.922. The Morgan fingerprint density at radius 3 is 2.56 bits per heavy atom. The first-order valence-corrected chi connectivity index (χ1v) is 8.95. The Hall–Kier alpha value is -3.16. The lowest BCUT2D eigenvalue weighted by Gasteiger charge is -2.18. The van der Waals surface area contributed by atoms with Crippen molar-refractivity contribution in [1.29, 1.82) is 0 Å². The van der Waals surface area contributed by atoms with Gasteiger partial charge in [-0.1, -0.05) is 25.0 Å². The van der Waals surface area contributed by atoms with Crippen molar-refractivity contribution in [3.8, 4) is 5.69 Å². The van der Waals surface area contributed by atoms with Gasteiger partial charge in [0.1, 0.15) is 6.04 Å². The Morgan fingerprint density at radius 1 is 1.19 bits per heavy atom. The summed E-state index contributed by atoms with van der Waals surface area (Å²) in [6.45, 7) is 1.64. The minimum Gasteiger partial charge on any atom is -0.476 e. The van der Waals surface area contributed by atoms with E-state index in [2.05, 4.69) is 15.7 Å². The molecule has 0 spiro atoms. The molecule has 2 aromatic rings. The molecular weight excluding hydrogens is 348 g/mol. The normalized spacial score (nSPS) is 15.3. The van der Waals surface area contributed by atoms with Crippen molar-refractivity contribution in [3.05, 3.63) is 42.2 Å². The van der Waals surface area contributed by atoms with E-state index in [9.17, 15) is 14.4 Å². The highest BCUT2D eigenvalue weighted by molar-refractivity contribution is 5.98. The second kappa shape index (κ2) is 8.03. The molecule has 0 aliphatic heterocycles. The molecule has 3 N–H and O–H groups in total. The van der Waals surface area contributed by atoms with Crippen molar-refractivity contribution >= 4 is 23.5 Å². The first-order chi connectivity index (χ1) is 13.0. The maximum absolute atomic E-state index is 12.5. The smallest absolute Gasteiger partial charge is 0.356 e. The lowest BCUT2D eigenvalue weighted by molar-refractivity contribution is -0.128. The highest BCUT2D eigenvalue weighted by atomic mass is 16.4. The molecule has 1 aromatic carbocycles. The van der Waals surface area contributed by atoms with Gasteiger partial charge in [-0.05, 0) is 38.0 Å². The van der Waals surface area contributed by atoms with Gasteiger partial charge in [0.15, 0.2) is 5.69 Å². The van der Waals surface area contributed by atoms with Crippen LogP contribution in [-0.4, -0.2) is 38.7 Å². The van der Waals surface area contributed by atoms with Crippen molar-refractivity contribution in [3.63, 3.8) is 0 Å². The molecule has 1 unspecified atom stereocenters. The summed E-state index contributed by atoms with van der Waals surface area (Å²) >= 11 is 0. The Balaban J connectivity index is 1.70. The van der Waals surface area contributed by atoms with E-state index < -0.39 is 12.0 Å². The van der Waals surface area contributed by atoms with E-state index in [0.29, 0.717) is 11.4 Å². The van der Waals surface area contributed by atoms with E-state index in [-0.39, 0.29) is 23.4 Å². The molecule has 1 aliphatic carbocycles. The van der Waals surface area contributed by atoms with Crippen LogP contribution >= 0.6 is 0 Å². The topological polar surface area (TPSA) is 113 Å². The van der Waals surface area contributed by atoms with E-state index in [1.807, 2.05) is 0 Å². The molecule has 1 aliphatic rings. The standard InChI is InChI=1S/C19H22N4O4/c1-12(20-18(25)13-6-2-3-7-13)17(24)21-14-8-4-5-9-16(14)23-11-10-15(22-23)19(26)27/h4-5,8-13H,2-3,6-7H2,1H3,(H,20,25)(H,21,24)(H,26,27). The number of aromatic carboxylic acids is 1. The summed E-state index contributed by atoms with van der Waals surface area (Å²) in [6, 6.07) is 7.63. The van der Waals surface area contributed by atoms with Crippen molar-refractivity contribution in [1.82, 2.24) is 15.1 Å². The SMILES string of the molecule is CC(NC(=O)C1CCCC1)C(=O)Nc1ccccc1-n1ccc(C(=O)O)n1. The number of nitrogens with zero attached hydrogens (tertiary/aromatic N) is 2. The third-order valence-electron chi connectivity index (χ3n) is 4.69. The molecular formula is C19H22N4O4. The van der Waals surface area contributed by atoms with Gasteiger partial charge in [0.25, 0.3) is 0 Å². The maximum Gasteiger partial charge on any atom is 0.356 e. The van der Waals surface area contributed by atoms with Crippen molar-refractivity contribution in [2.75, 3.05) is 5.32 Å². The lowest BCUT2D eigenvalue weighted by atomic mass is 10.1. The number of carboxylic acid groups (broad SMARTS) is 1. The van der Waals surface area contributed by atoms with Crippen molar-refractivity contribution in [2.24, 2.45) is 5.92 Å². The van der Waals surface area contributed by atoms with Crippen LogP contribution in [0.15, 0.2) is 36.5 Å². The molecule has 1 saturated carbocycles. The first-order valence-electron chi connectivity index (χ1n) is 8.95. The summed E-state index contributed by atoms with van der Waals surface area (Å²) in [4.78, 5) is 35.7. The predicted octanol–water partition coefficient (Wildman–Crippen LogP) is 2.20. The van der Waals surface area contributed by atoms with E-state index >= 15 is 0 Å². The zero-order chi connectivity index (χ0) is 19.4. The second-order valence-corrected chi connectivity index (χ2v) is 6.67. The number of nitrogens with one attached hydrogen (secondary N) is 2. The summed E-state index contributed by atoms with van der Waals surface area (Å²) in [6.07, 6.45) is 5.35. The molecule has 0 bridgehead atoms. The molecule has 142 valence electrons. The van der Waals surface area contributed by atoms with Crippen LogP contribution in [0.3, 0.4) is 0 Å². The first kappa shape index (κ1) is 18.6. The predicted molar refractivity (Wildman–Crippen MR) is 98.7 cm³/mol. The number of aromatic nitrogens is 2. The van der Waals surface area contributed by atoms with E-state index in [0.717, 1.165) is 25.7 Å². The molecule has 2 amide bonds. The van der Waals surface area contributed by atoms with E-state index in [4.69, 9.17) is 5.11 Å². The highest BCUT2D eigenvalue weighted by Crippen LogP contribution is 2.25. The van der Waals surface area contributed by atoms with Gasteiger partial charge in [-0.3, -0.25) is 9.59 Å². The number of carbonyl (C=O) groups excluding carboxylic acids is 2. The molecule has 1 heterocycles. The highest BCUT2D eigenvalue weighted by Gasteiger charge is 2.25. The fourth-order valence-corrected chi connectivity index (χ4v) is 3.18. The van der Waals surface area contributed by atoms with Crippen molar-refractivity contribution < 1.29 is 19.5 Å².